The fourth-order valence-electron chi connectivity index (χ4n) is 2.69. The summed E-state index contributed by atoms with van der Waals surface area (Å²) in [6.07, 6.45) is 0. The van der Waals surface area contributed by atoms with Gasteiger partial charge in [0.2, 0.25) is 0 Å². The van der Waals surface area contributed by atoms with Crippen LogP contribution in [0.2, 0.25) is 0 Å². The number of carbonyl (C=O) groups is 1. The topological polar surface area (TPSA) is 56.8 Å². The van der Waals surface area contributed by atoms with Gasteiger partial charge in [-0.15, -0.1) is 0 Å². The fourth-order valence-corrected chi connectivity index (χ4v) is 2.69. The van der Waals surface area contributed by atoms with Crippen LogP contribution in [0.15, 0.2) is 60.7 Å². The van der Waals surface area contributed by atoms with E-state index in [-0.39, 0.29) is 5.91 Å². The summed E-state index contributed by atoms with van der Waals surface area (Å²) in [7, 11) is 3.10. The maximum Gasteiger partial charge on any atom is 0.251 e. The molecule has 5 nitrogen and oxygen atoms in total. The van der Waals surface area contributed by atoms with Crippen LogP contribution in [-0.4, -0.2) is 33.3 Å². The van der Waals surface area contributed by atoms with Gasteiger partial charge in [0.25, 0.3) is 5.91 Å². The third-order valence-corrected chi connectivity index (χ3v) is 4.01. The van der Waals surface area contributed by atoms with Gasteiger partial charge in [0, 0.05) is 17.0 Å². The van der Waals surface area contributed by atoms with Gasteiger partial charge in [0.1, 0.15) is 23.9 Å². The number of benzene rings is 3. The number of hydrogen-bond acceptors (Lipinski definition) is 4. The van der Waals surface area contributed by atoms with Crippen molar-refractivity contribution in [2.24, 2.45) is 0 Å². The molecule has 0 heterocycles. The van der Waals surface area contributed by atoms with Gasteiger partial charge >= 0.3 is 0 Å². The first-order chi connectivity index (χ1) is 12.7. The van der Waals surface area contributed by atoms with E-state index in [1.807, 2.05) is 42.5 Å². The molecule has 0 bridgehead atoms. The minimum absolute atomic E-state index is 0.205. The predicted molar refractivity (Wildman–Crippen MR) is 101 cm³/mol. The Morgan fingerprint density at radius 1 is 0.923 bits per heavy atom. The molecule has 26 heavy (non-hydrogen) atoms. The van der Waals surface area contributed by atoms with Crippen LogP contribution >= 0.6 is 0 Å². The molecule has 0 aliphatic carbocycles. The van der Waals surface area contributed by atoms with E-state index in [0.29, 0.717) is 30.2 Å². The van der Waals surface area contributed by atoms with Crippen molar-refractivity contribution in [2.45, 2.75) is 0 Å². The van der Waals surface area contributed by atoms with Crippen LogP contribution in [0, 0.1) is 0 Å². The summed E-state index contributed by atoms with van der Waals surface area (Å²) in [5.41, 5.74) is 0.478. The highest BCUT2D eigenvalue weighted by Crippen LogP contribution is 2.25. The minimum Gasteiger partial charge on any atom is -0.497 e. The highest BCUT2D eigenvalue weighted by atomic mass is 16.5. The molecule has 134 valence electrons. The quantitative estimate of drug-likeness (QED) is 0.660. The Balaban J connectivity index is 1.59. The number of ether oxygens (including phenoxy) is 3. The third-order valence-electron chi connectivity index (χ3n) is 4.01. The molecule has 0 aromatic heterocycles. The molecule has 1 amide bonds. The Kier molecular flexibility index (Phi) is 5.59. The average molecular weight is 351 g/mol. The summed E-state index contributed by atoms with van der Waals surface area (Å²) in [5, 5.41) is 5.02. The lowest BCUT2D eigenvalue weighted by Gasteiger charge is -2.11. The van der Waals surface area contributed by atoms with E-state index in [2.05, 4.69) is 5.32 Å². The molecule has 0 fully saturated rings. The number of hydrogen-bond donors (Lipinski definition) is 1. The summed E-state index contributed by atoms with van der Waals surface area (Å²) in [6.45, 7) is 0.766. The molecule has 0 unspecified atom stereocenters. The number of rotatable bonds is 7. The Morgan fingerprint density at radius 3 is 2.35 bits per heavy atom. The lowest BCUT2D eigenvalue weighted by atomic mass is 10.1. The zero-order valence-electron chi connectivity index (χ0n) is 14.8. The van der Waals surface area contributed by atoms with E-state index >= 15 is 0 Å². The largest absolute Gasteiger partial charge is 0.497 e. The highest BCUT2D eigenvalue weighted by Gasteiger charge is 2.09. The molecule has 3 aromatic carbocycles. The normalized spacial score (nSPS) is 10.4. The zero-order chi connectivity index (χ0) is 18.4. The lowest BCUT2D eigenvalue weighted by molar-refractivity contribution is 0.0946. The van der Waals surface area contributed by atoms with Crippen molar-refractivity contribution in [3.63, 3.8) is 0 Å². The Labute approximate surface area is 152 Å². The Hall–Kier alpha value is -3.21. The second kappa shape index (κ2) is 8.25. The average Bonchev–Trinajstić information content (AvgIpc) is 2.70. The van der Waals surface area contributed by atoms with Crippen LogP contribution < -0.4 is 19.5 Å². The zero-order valence-corrected chi connectivity index (χ0v) is 14.8. The molecule has 0 radical (unpaired) electrons. The first-order valence-corrected chi connectivity index (χ1v) is 8.33. The molecular weight excluding hydrogens is 330 g/mol. The van der Waals surface area contributed by atoms with Crippen LogP contribution in [0.25, 0.3) is 10.8 Å². The maximum atomic E-state index is 12.3. The third kappa shape index (κ3) is 4.06. The lowest BCUT2D eigenvalue weighted by Crippen LogP contribution is -2.28. The highest BCUT2D eigenvalue weighted by molar-refractivity contribution is 5.95. The van der Waals surface area contributed by atoms with E-state index < -0.39 is 0 Å². The van der Waals surface area contributed by atoms with Crippen molar-refractivity contribution in [2.75, 3.05) is 27.4 Å². The molecule has 0 saturated carbocycles. The maximum absolute atomic E-state index is 12.3. The van der Waals surface area contributed by atoms with Gasteiger partial charge in [0.15, 0.2) is 0 Å². The minimum atomic E-state index is -0.205. The Bertz CT molecular complexity index is 880. The van der Waals surface area contributed by atoms with Gasteiger partial charge < -0.3 is 19.5 Å². The van der Waals surface area contributed by atoms with Gasteiger partial charge in [-0.05, 0) is 23.6 Å². The molecular formula is C21H21NO4. The second-order valence-electron chi connectivity index (χ2n) is 5.68. The van der Waals surface area contributed by atoms with E-state index in [1.165, 1.54) is 0 Å². The molecule has 3 aromatic rings. The molecule has 3 rings (SSSR count). The van der Waals surface area contributed by atoms with Crippen molar-refractivity contribution < 1.29 is 19.0 Å². The van der Waals surface area contributed by atoms with Crippen LogP contribution in [0.1, 0.15) is 10.4 Å². The number of nitrogens with one attached hydrogen (secondary N) is 1. The summed E-state index contributed by atoms with van der Waals surface area (Å²) in [4.78, 5) is 12.3. The fraction of sp³-hybridized carbons (Fsp3) is 0.190. The van der Waals surface area contributed by atoms with E-state index in [1.54, 1.807) is 32.4 Å². The SMILES string of the molecule is COc1cc(OC)cc(C(=O)NCCOc2cccc3ccccc23)c1. The predicted octanol–water partition coefficient (Wildman–Crippen LogP) is 3.67. The van der Waals surface area contributed by atoms with Crippen molar-refractivity contribution >= 4 is 16.7 Å². The number of amides is 1. The number of fused-ring (bicyclic) bond motifs is 1. The monoisotopic (exact) mass is 351 g/mol. The molecule has 0 aliphatic rings. The molecule has 5 heteroatoms. The van der Waals surface area contributed by atoms with E-state index in [9.17, 15) is 4.79 Å². The summed E-state index contributed by atoms with van der Waals surface area (Å²) >= 11 is 0. The van der Waals surface area contributed by atoms with Gasteiger partial charge in [0.05, 0.1) is 20.8 Å². The van der Waals surface area contributed by atoms with Gasteiger partial charge in [-0.2, -0.15) is 0 Å². The first kappa shape index (κ1) is 17.6. The molecule has 0 atom stereocenters. The van der Waals surface area contributed by atoms with Crippen LogP contribution in [-0.2, 0) is 0 Å². The molecule has 1 N–H and O–H groups in total. The Morgan fingerprint density at radius 2 is 1.62 bits per heavy atom. The van der Waals surface area contributed by atoms with Crippen molar-refractivity contribution in [1.29, 1.82) is 0 Å². The van der Waals surface area contributed by atoms with Gasteiger partial charge in [-0.25, -0.2) is 0 Å². The molecule has 0 aliphatic heterocycles. The first-order valence-electron chi connectivity index (χ1n) is 8.33. The van der Waals surface area contributed by atoms with Crippen LogP contribution in [0.3, 0.4) is 0 Å². The smallest absolute Gasteiger partial charge is 0.251 e. The number of carbonyl (C=O) groups excluding carboxylic acids is 1. The standard InChI is InChI=1S/C21H21NO4/c1-24-17-12-16(13-18(14-17)25-2)21(23)22-10-11-26-20-9-5-7-15-6-3-4-8-19(15)20/h3-9,12-14H,10-11H2,1-2H3,(H,22,23). The summed E-state index contributed by atoms with van der Waals surface area (Å²) in [6, 6.07) is 19.0. The van der Waals surface area contributed by atoms with Gasteiger partial charge in [-0.1, -0.05) is 36.4 Å². The van der Waals surface area contributed by atoms with Crippen molar-refractivity contribution in [3.05, 3.63) is 66.2 Å². The van der Waals surface area contributed by atoms with Crippen LogP contribution in [0.4, 0.5) is 0 Å². The second-order valence-corrected chi connectivity index (χ2v) is 5.68. The van der Waals surface area contributed by atoms with Crippen molar-refractivity contribution in [1.82, 2.24) is 5.32 Å². The van der Waals surface area contributed by atoms with E-state index in [0.717, 1.165) is 16.5 Å². The molecule has 0 saturated heterocycles. The summed E-state index contributed by atoms with van der Waals surface area (Å²) < 4.78 is 16.2. The van der Waals surface area contributed by atoms with Crippen molar-refractivity contribution in [3.8, 4) is 17.2 Å². The van der Waals surface area contributed by atoms with E-state index in [4.69, 9.17) is 14.2 Å². The molecule has 0 spiro atoms. The van der Waals surface area contributed by atoms with Gasteiger partial charge in [-0.3, -0.25) is 4.79 Å². The summed E-state index contributed by atoms with van der Waals surface area (Å²) in [5.74, 6) is 1.74. The van der Waals surface area contributed by atoms with Crippen LogP contribution in [0.5, 0.6) is 17.2 Å². The number of methoxy groups -OCH3 is 2.